The van der Waals surface area contributed by atoms with Gasteiger partial charge in [0.05, 0.1) is 18.1 Å². The molecule has 0 fully saturated rings. The molecule has 0 amide bonds. The molecule has 1 aromatic heterocycles. The van der Waals surface area contributed by atoms with Gasteiger partial charge in [-0.1, -0.05) is 0 Å². The Balaban J connectivity index is 2.02. The second kappa shape index (κ2) is 5.44. The van der Waals surface area contributed by atoms with Crippen molar-refractivity contribution in [2.45, 2.75) is 19.3 Å². The van der Waals surface area contributed by atoms with E-state index in [9.17, 15) is 17.6 Å². The molecule has 1 heterocycles. The molecule has 0 spiro atoms. The maximum absolute atomic E-state index is 13.1. The van der Waals surface area contributed by atoms with Crippen LogP contribution in [0.15, 0.2) is 41.2 Å². The molecule has 2 nitrogen and oxygen atoms in total. The molecule has 0 aliphatic heterocycles. The van der Waals surface area contributed by atoms with E-state index in [0.29, 0.717) is 12.6 Å². The smallest absolute Gasteiger partial charge is 0.416 e. The molecule has 0 bridgehead atoms. The molecule has 102 valence electrons. The molecule has 0 aliphatic rings. The number of furan rings is 1. The minimum atomic E-state index is -4.54. The zero-order valence-electron chi connectivity index (χ0n) is 9.80. The predicted molar refractivity (Wildman–Crippen MR) is 60.7 cm³/mol. The lowest BCUT2D eigenvalue weighted by Gasteiger charge is -2.10. The molecule has 1 N–H and O–H groups in total. The molecule has 0 atom stereocenters. The average Bonchev–Trinajstić information content (AvgIpc) is 2.80. The van der Waals surface area contributed by atoms with E-state index < -0.39 is 17.6 Å². The van der Waals surface area contributed by atoms with Gasteiger partial charge < -0.3 is 9.73 Å². The number of nitrogens with one attached hydrogen (secondary N) is 1. The fraction of sp³-hybridized carbons (Fsp3) is 0.231. The minimum Gasteiger partial charge on any atom is -0.472 e. The zero-order chi connectivity index (χ0) is 13.9. The van der Waals surface area contributed by atoms with Crippen LogP contribution in [0.4, 0.5) is 17.6 Å². The Morgan fingerprint density at radius 3 is 2.42 bits per heavy atom. The van der Waals surface area contributed by atoms with E-state index in [1.54, 1.807) is 6.07 Å². The van der Waals surface area contributed by atoms with Gasteiger partial charge in [0.25, 0.3) is 0 Å². The first kappa shape index (κ1) is 13.6. The van der Waals surface area contributed by atoms with Gasteiger partial charge in [0, 0.05) is 18.7 Å². The summed E-state index contributed by atoms with van der Waals surface area (Å²) < 4.78 is 55.4. The van der Waals surface area contributed by atoms with Crippen molar-refractivity contribution in [1.29, 1.82) is 0 Å². The molecular formula is C13H11F4NO. The van der Waals surface area contributed by atoms with Crippen molar-refractivity contribution in [1.82, 2.24) is 5.32 Å². The predicted octanol–water partition coefficient (Wildman–Crippen LogP) is 3.73. The minimum absolute atomic E-state index is 0.145. The third-order valence-corrected chi connectivity index (χ3v) is 2.52. The van der Waals surface area contributed by atoms with Gasteiger partial charge in [-0.3, -0.25) is 0 Å². The van der Waals surface area contributed by atoms with E-state index in [1.807, 2.05) is 0 Å². The Labute approximate surface area is 107 Å². The second-order valence-electron chi connectivity index (χ2n) is 4.08. The largest absolute Gasteiger partial charge is 0.472 e. The lowest BCUT2D eigenvalue weighted by Crippen LogP contribution is -2.14. The number of alkyl halides is 3. The van der Waals surface area contributed by atoms with Crippen molar-refractivity contribution in [2.24, 2.45) is 0 Å². The quantitative estimate of drug-likeness (QED) is 0.859. The number of hydrogen-bond acceptors (Lipinski definition) is 2. The monoisotopic (exact) mass is 273 g/mol. The Morgan fingerprint density at radius 1 is 1.05 bits per heavy atom. The van der Waals surface area contributed by atoms with Crippen LogP contribution in [0.1, 0.15) is 16.7 Å². The fourth-order valence-electron chi connectivity index (χ4n) is 1.66. The summed E-state index contributed by atoms with van der Waals surface area (Å²) in [6, 6.07) is 4.24. The van der Waals surface area contributed by atoms with Crippen molar-refractivity contribution < 1.29 is 22.0 Å². The van der Waals surface area contributed by atoms with Gasteiger partial charge in [-0.25, -0.2) is 4.39 Å². The summed E-state index contributed by atoms with van der Waals surface area (Å²) in [7, 11) is 0. The van der Waals surface area contributed by atoms with Crippen molar-refractivity contribution >= 4 is 0 Å². The van der Waals surface area contributed by atoms with Gasteiger partial charge in [0.2, 0.25) is 0 Å². The molecular weight excluding hydrogens is 262 g/mol. The summed E-state index contributed by atoms with van der Waals surface area (Å²) in [4.78, 5) is 0. The highest BCUT2D eigenvalue weighted by Gasteiger charge is 2.31. The standard InChI is InChI=1S/C13H11F4NO/c14-12-4-10(3-11(5-12)13(15,16)17)7-18-6-9-1-2-19-8-9/h1-5,8,18H,6-7H2. The van der Waals surface area contributed by atoms with Crippen LogP contribution in [0, 0.1) is 5.82 Å². The first-order valence-corrected chi connectivity index (χ1v) is 5.53. The normalized spacial score (nSPS) is 11.8. The molecule has 1 aromatic carbocycles. The number of halogens is 4. The summed E-state index contributed by atoms with van der Waals surface area (Å²) in [6.07, 6.45) is -1.51. The lowest BCUT2D eigenvalue weighted by atomic mass is 10.1. The summed E-state index contributed by atoms with van der Waals surface area (Å²) in [5.74, 6) is -0.894. The highest BCUT2D eigenvalue weighted by molar-refractivity contribution is 5.26. The van der Waals surface area contributed by atoms with Gasteiger partial charge in [-0.05, 0) is 29.8 Å². The molecule has 6 heteroatoms. The Kier molecular flexibility index (Phi) is 3.90. The van der Waals surface area contributed by atoms with E-state index in [0.717, 1.165) is 17.7 Å². The maximum Gasteiger partial charge on any atom is 0.416 e. The Hall–Kier alpha value is -1.82. The lowest BCUT2D eigenvalue weighted by molar-refractivity contribution is -0.137. The Bertz CT molecular complexity index is 534. The maximum atomic E-state index is 13.1. The summed E-state index contributed by atoms with van der Waals surface area (Å²) >= 11 is 0. The molecule has 2 aromatic rings. The van der Waals surface area contributed by atoms with Crippen LogP contribution in [0.5, 0.6) is 0 Å². The van der Waals surface area contributed by atoms with Gasteiger partial charge in [-0.2, -0.15) is 13.2 Å². The van der Waals surface area contributed by atoms with E-state index in [-0.39, 0.29) is 12.1 Å². The summed E-state index contributed by atoms with van der Waals surface area (Å²) in [5.41, 5.74) is 0.135. The van der Waals surface area contributed by atoms with Crippen molar-refractivity contribution in [3.63, 3.8) is 0 Å². The molecule has 0 saturated carbocycles. The van der Waals surface area contributed by atoms with Crippen molar-refractivity contribution in [2.75, 3.05) is 0 Å². The topological polar surface area (TPSA) is 25.2 Å². The van der Waals surface area contributed by atoms with Crippen LogP contribution < -0.4 is 5.32 Å². The van der Waals surface area contributed by atoms with E-state index in [2.05, 4.69) is 5.32 Å². The number of rotatable bonds is 4. The first-order valence-electron chi connectivity index (χ1n) is 5.53. The van der Waals surface area contributed by atoms with Crippen LogP contribution in [-0.4, -0.2) is 0 Å². The molecule has 0 unspecified atom stereocenters. The fourth-order valence-corrected chi connectivity index (χ4v) is 1.66. The SMILES string of the molecule is Fc1cc(CNCc2ccoc2)cc(C(F)(F)F)c1. The van der Waals surface area contributed by atoms with E-state index in [1.165, 1.54) is 12.5 Å². The van der Waals surface area contributed by atoms with Crippen LogP contribution in [0.2, 0.25) is 0 Å². The van der Waals surface area contributed by atoms with Gasteiger partial charge in [0.15, 0.2) is 0 Å². The summed E-state index contributed by atoms with van der Waals surface area (Å²) in [6.45, 7) is 0.584. The third kappa shape index (κ3) is 3.82. The van der Waals surface area contributed by atoms with E-state index >= 15 is 0 Å². The first-order chi connectivity index (χ1) is 8.95. The number of hydrogen-bond donors (Lipinski definition) is 1. The van der Waals surface area contributed by atoms with Crippen LogP contribution in [0.3, 0.4) is 0 Å². The molecule has 0 aliphatic carbocycles. The van der Waals surface area contributed by atoms with Crippen LogP contribution in [0.25, 0.3) is 0 Å². The van der Waals surface area contributed by atoms with Gasteiger partial charge in [-0.15, -0.1) is 0 Å². The third-order valence-electron chi connectivity index (χ3n) is 2.52. The van der Waals surface area contributed by atoms with Crippen molar-refractivity contribution in [3.05, 3.63) is 59.3 Å². The van der Waals surface area contributed by atoms with Gasteiger partial charge in [0.1, 0.15) is 5.82 Å². The second-order valence-corrected chi connectivity index (χ2v) is 4.08. The highest BCUT2D eigenvalue weighted by Crippen LogP contribution is 2.30. The molecule has 0 saturated heterocycles. The molecule has 0 radical (unpaired) electrons. The van der Waals surface area contributed by atoms with Crippen LogP contribution in [-0.2, 0) is 19.3 Å². The average molecular weight is 273 g/mol. The molecule has 2 rings (SSSR count). The van der Waals surface area contributed by atoms with Crippen molar-refractivity contribution in [3.8, 4) is 0 Å². The zero-order valence-corrected chi connectivity index (χ0v) is 9.80. The van der Waals surface area contributed by atoms with E-state index in [4.69, 9.17) is 4.42 Å². The van der Waals surface area contributed by atoms with Crippen LogP contribution >= 0.6 is 0 Å². The number of benzene rings is 1. The van der Waals surface area contributed by atoms with Gasteiger partial charge >= 0.3 is 6.18 Å². The highest BCUT2D eigenvalue weighted by atomic mass is 19.4. The molecule has 19 heavy (non-hydrogen) atoms. The summed E-state index contributed by atoms with van der Waals surface area (Å²) in [5, 5.41) is 2.92. The Morgan fingerprint density at radius 2 is 1.79 bits per heavy atom.